The first-order valence-electron chi connectivity index (χ1n) is 8.98. The maximum absolute atomic E-state index is 11.7. The molecule has 6 nitrogen and oxygen atoms in total. The molecule has 3 unspecified atom stereocenters. The van der Waals surface area contributed by atoms with Gasteiger partial charge in [-0.25, -0.2) is 0 Å². The van der Waals surface area contributed by atoms with Crippen LogP contribution < -0.4 is 5.32 Å². The molecule has 23 heavy (non-hydrogen) atoms. The van der Waals surface area contributed by atoms with Gasteiger partial charge in [-0.15, -0.1) is 0 Å². The Bertz CT molecular complexity index is 456. The molecule has 3 atom stereocenters. The highest BCUT2D eigenvalue weighted by molar-refractivity contribution is 5.86. The van der Waals surface area contributed by atoms with Gasteiger partial charge in [-0.05, 0) is 31.1 Å². The number of carbonyl (C=O) groups excluding carboxylic acids is 1. The predicted molar refractivity (Wildman–Crippen MR) is 92.4 cm³/mol. The molecule has 3 fully saturated rings. The third-order valence-corrected chi connectivity index (χ3v) is 5.89. The molecule has 3 rings (SSSR count). The number of likely N-dealkylation sites (N-methyl/N-ethyl adjacent to an activating group) is 1. The number of carbonyl (C=O) groups is 1. The molecule has 0 aromatic carbocycles. The number of fused-ring (bicyclic) bond motifs is 2. The standard InChI is InChI=1S/C17H31N5O/c1-18-17(19-12-16(23)20(2)3)22-8-6-21(7-9-22)15-11-13-4-5-14(15)10-13/h13-15H,4-12H2,1-3H3,(H,18,19). The number of hydrogen-bond acceptors (Lipinski definition) is 3. The maximum Gasteiger partial charge on any atom is 0.241 e. The normalized spacial score (nSPS) is 31.5. The van der Waals surface area contributed by atoms with Crippen molar-refractivity contribution in [2.24, 2.45) is 16.8 Å². The third kappa shape index (κ3) is 3.62. The van der Waals surface area contributed by atoms with E-state index < -0.39 is 0 Å². The van der Waals surface area contributed by atoms with E-state index in [0.29, 0.717) is 6.54 Å². The Morgan fingerprint density at radius 2 is 1.91 bits per heavy atom. The summed E-state index contributed by atoms with van der Waals surface area (Å²) in [7, 11) is 5.35. The van der Waals surface area contributed by atoms with Crippen LogP contribution in [0.15, 0.2) is 4.99 Å². The second-order valence-corrected chi connectivity index (χ2v) is 7.45. The van der Waals surface area contributed by atoms with Crippen molar-refractivity contribution < 1.29 is 4.79 Å². The van der Waals surface area contributed by atoms with Crippen LogP contribution in [-0.2, 0) is 4.79 Å². The van der Waals surface area contributed by atoms with E-state index in [-0.39, 0.29) is 5.91 Å². The highest BCUT2D eigenvalue weighted by atomic mass is 16.2. The maximum atomic E-state index is 11.7. The van der Waals surface area contributed by atoms with Crippen molar-refractivity contribution in [2.75, 3.05) is 53.9 Å². The van der Waals surface area contributed by atoms with Crippen LogP contribution in [0.25, 0.3) is 0 Å². The monoisotopic (exact) mass is 321 g/mol. The number of aliphatic imine (C=N–C) groups is 1. The van der Waals surface area contributed by atoms with E-state index in [1.807, 2.05) is 0 Å². The minimum absolute atomic E-state index is 0.0757. The SMILES string of the molecule is CN=C(NCC(=O)N(C)C)N1CCN(C2CC3CCC2C3)CC1. The first-order chi connectivity index (χ1) is 11.1. The molecule has 1 amide bonds. The lowest BCUT2D eigenvalue weighted by molar-refractivity contribution is -0.127. The second kappa shape index (κ2) is 7.07. The van der Waals surface area contributed by atoms with Gasteiger partial charge in [0.05, 0.1) is 6.54 Å². The van der Waals surface area contributed by atoms with Crippen LogP contribution in [-0.4, -0.2) is 86.5 Å². The molecule has 1 N–H and O–H groups in total. The van der Waals surface area contributed by atoms with E-state index in [4.69, 9.17) is 0 Å². The van der Waals surface area contributed by atoms with Gasteiger partial charge in [-0.2, -0.15) is 0 Å². The molecular formula is C17H31N5O. The number of amides is 1. The molecule has 2 saturated carbocycles. The van der Waals surface area contributed by atoms with Gasteiger partial charge < -0.3 is 15.1 Å². The molecule has 130 valence electrons. The van der Waals surface area contributed by atoms with Crippen LogP contribution in [0.4, 0.5) is 0 Å². The number of rotatable bonds is 3. The first-order valence-corrected chi connectivity index (χ1v) is 8.98. The van der Waals surface area contributed by atoms with Gasteiger partial charge in [0.15, 0.2) is 5.96 Å². The molecule has 3 aliphatic rings. The summed E-state index contributed by atoms with van der Waals surface area (Å²) in [6.45, 7) is 4.56. The summed E-state index contributed by atoms with van der Waals surface area (Å²) >= 11 is 0. The lowest BCUT2D eigenvalue weighted by Crippen LogP contribution is -2.56. The van der Waals surface area contributed by atoms with E-state index in [9.17, 15) is 4.79 Å². The van der Waals surface area contributed by atoms with Gasteiger partial charge in [0.2, 0.25) is 5.91 Å². The van der Waals surface area contributed by atoms with E-state index in [2.05, 4.69) is 20.1 Å². The van der Waals surface area contributed by atoms with E-state index in [1.165, 1.54) is 25.7 Å². The third-order valence-electron chi connectivity index (χ3n) is 5.89. The molecular weight excluding hydrogens is 290 g/mol. The molecule has 2 aliphatic carbocycles. The topological polar surface area (TPSA) is 51.2 Å². The van der Waals surface area contributed by atoms with E-state index in [1.54, 1.807) is 26.0 Å². The Labute approximate surface area is 139 Å². The number of nitrogens with zero attached hydrogens (tertiary/aromatic N) is 4. The van der Waals surface area contributed by atoms with E-state index in [0.717, 1.165) is 50.0 Å². The summed E-state index contributed by atoms with van der Waals surface area (Å²) in [5, 5.41) is 3.20. The zero-order valence-electron chi connectivity index (χ0n) is 14.8. The molecule has 6 heteroatoms. The summed E-state index contributed by atoms with van der Waals surface area (Å²) < 4.78 is 0. The highest BCUT2D eigenvalue weighted by Crippen LogP contribution is 2.46. The van der Waals surface area contributed by atoms with Gasteiger partial charge in [0.25, 0.3) is 0 Å². The summed E-state index contributed by atoms with van der Waals surface area (Å²) in [4.78, 5) is 22.7. The van der Waals surface area contributed by atoms with Crippen molar-refractivity contribution in [3.63, 3.8) is 0 Å². The Morgan fingerprint density at radius 1 is 1.17 bits per heavy atom. The van der Waals surface area contributed by atoms with Crippen molar-refractivity contribution in [1.29, 1.82) is 0 Å². The van der Waals surface area contributed by atoms with Crippen molar-refractivity contribution in [2.45, 2.75) is 31.7 Å². The van der Waals surface area contributed by atoms with Gasteiger partial charge in [-0.3, -0.25) is 14.7 Å². The molecule has 0 aromatic rings. The van der Waals surface area contributed by atoms with Crippen molar-refractivity contribution >= 4 is 11.9 Å². The molecule has 1 heterocycles. The fraction of sp³-hybridized carbons (Fsp3) is 0.882. The quantitative estimate of drug-likeness (QED) is 0.606. The molecule has 2 bridgehead atoms. The largest absolute Gasteiger partial charge is 0.347 e. The summed E-state index contributed by atoms with van der Waals surface area (Å²) in [5.41, 5.74) is 0. The first kappa shape index (κ1) is 16.6. The minimum atomic E-state index is 0.0757. The Kier molecular flexibility index (Phi) is 5.09. The van der Waals surface area contributed by atoms with Crippen LogP contribution in [0.1, 0.15) is 25.7 Å². The number of nitrogens with one attached hydrogen (secondary N) is 1. The Morgan fingerprint density at radius 3 is 2.43 bits per heavy atom. The fourth-order valence-corrected chi connectivity index (χ4v) is 4.57. The lowest BCUT2D eigenvalue weighted by atomic mass is 9.93. The molecule has 1 aliphatic heterocycles. The van der Waals surface area contributed by atoms with Gasteiger partial charge in [0.1, 0.15) is 0 Å². The van der Waals surface area contributed by atoms with Gasteiger partial charge in [0, 0.05) is 53.4 Å². The lowest BCUT2D eigenvalue weighted by Gasteiger charge is -2.41. The van der Waals surface area contributed by atoms with Crippen molar-refractivity contribution in [3.8, 4) is 0 Å². The smallest absolute Gasteiger partial charge is 0.241 e. The summed E-state index contributed by atoms with van der Waals surface area (Å²) in [6, 6.07) is 0.834. The van der Waals surface area contributed by atoms with Crippen LogP contribution in [0.5, 0.6) is 0 Å². The van der Waals surface area contributed by atoms with Crippen LogP contribution in [0.2, 0.25) is 0 Å². The van der Waals surface area contributed by atoms with Crippen LogP contribution in [0.3, 0.4) is 0 Å². The Hall–Kier alpha value is -1.30. The van der Waals surface area contributed by atoms with Gasteiger partial charge >= 0.3 is 0 Å². The van der Waals surface area contributed by atoms with Crippen molar-refractivity contribution in [3.05, 3.63) is 0 Å². The zero-order valence-corrected chi connectivity index (χ0v) is 14.8. The predicted octanol–water partition coefficient (Wildman–Crippen LogP) is 0.456. The Balaban J connectivity index is 1.46. The number of hydrogen-bond donors (Lipinski definition) is 1. The summed E-state index contributed by atoms with van der Waals surface area (Å²) in [5.74, 6) is 2.90. The molecule has 0 radical (unpaired) electrons. The van der Waals surface area contributed by atoms with E-state index >= 15 is 0 Å². The summed E-state index contributed by atoms with van der Waals surface area (Å²) in [6.07, 6.45) is 5.82. The average Bonchev–Trinajstić information content (AvgIpc) is 3.18. The van der Waals surface area contributed by atoms with Crippen LogP contribution in [0, 0.1) is 11.8 Å². The molecule has 0 spiro atoms. The molecule has 1 saturated heterocycles. The van der Waals surface area contributed by atoms with Crippen molar-refractivity contribution in [1.82, 2.24) is 20.0 Å². The second-order valence-electron chi connectivity index (χ2n) is 7.45. The average molecular weight is 321 g/mol. The van der Waals surface area contributed by atoms with Crippen LogP contribution >= 0.6 is 0 Å². The van der Waals surface area contributed by atoms with Gasteiger partial charge in [-0.1, -0.05) is 6.42 Å². The molecule has 0 aromatic heterocycles. The highest BCUT2D eigenvalue weighted by Gasteiger charge is 2.42. The number of piperazine rings is 1. The minimum Gasteiger partial charge on any atom is -0.347 e. The number of guanidine groups is 1. The zero-order chi connectivity index (χ0) is 16.4. The fourth-order valence-electron chi connectivity index (χ4n) is 4.57.